The number of hydrogen-bond acceptors (Lipinski definition) is 3. The van der Waals surface area contributed by atoms with Crippen LogP contribution in [0.2, 0.25) is 0 Å². The molecule has 0 unspecified atom stereocenters. The Kier molecular flexibility index (Phi) is 4.11. The molecule has 0 bridgehead atoms. The predicted octanol–water partition coefficient (Wildman–Crippen LogP) is 3.48. The lowest BCUT2D eigenvalue weighted by Gasteiger charge is -2.25. The minimum absolute atomic E-state index is 0.367. The van der Waals surface area contributed by atoms with Crippen LogP contribution < -0.4 is 14.8 Å². The monoisotopic (exact) mass is 283 g/mol. The maximum absolute atomic E-state index is 5.97. The SMILES string of the molecule is COc1cc2c(cc1OCc1ccccc1)CCN[C@@H]2C. The second kappa shape index (κ2) is 6.19. The van der Waals surface area contributed by atoms with Crippen molar-refractivity contribution in [2.24, 2.45) is 0 Å². The third-order valence-electron chi connectivity index (χ3n) is 3.97. The Labute approximate surface area is 125 Å². The maximum Gasteiger partial charge on any atom is 0.161 e. The van der Waals surface area contributed by atoms with Crippen molar-refractivity contribution in [1.82, 2.24) is 5.32 Å². The first-order valence-corrected chi connectivity index (χ1v) is 7.39. The van der Waals surface area contributed by atoms with Gasteiger partial charge >= 0.3 is 0 Å². The molecule has 0 radical (unpaired) electrons. The summed E-state index contributed by atoms with van der Waals surface area (Å²) in [6.45, 7) is 3.75. The molecule has 1 atom stereocenters. The lowest BCUT2D eigenvalue weighted by molar-refractivity contribution is 0.283. The van der Waals surface area contributed by atoms with Crippen LogP contribution in [-0.2, 0) is 13.0 Å². The molecule has 110 valence electrons. The first-order valence-electron chi connectivity index (χ1n) is 7.39. The van der Waals surface area contributed by atoms with Crippen molar-refractivity contribution < 1.29 is 9.47 Å². The van der Waals surface area contributed by atoms with Crippen LogP contribution in [0, 0.1) is 0 Å². The van der Waals surface area contributed by atoms with Crippen molar-refractivity contribution in [2.75, 3.05) is 13.7 Å². The first kappa shape index (κ1) is 14.0. The molecule has 3 heteroatoms. The fourth-order valence-corrected chi connectivity index (χ4v) is 2.78. The van der Waals surface area contributed by atoms with Crippen LogP contribution in [0.15, 0.2) is 42.5 Å². The van der Waals surface area contributed by atoms with Crippen molar-refractivity contribution in [1.29, 1.82) is 0 Å². The van der Waals surface area contributed by atoms with Gasteiger partial charge in [0.05, 0.1) is 7.11 Å². The molecular formula is C18H21NO2. The van der Waals surface area contributed by atoms with E-state index < -0.39 is 0 Å². The molecule has 0 aromatic heterocycles. The Balaban J connectivity index is 1.84. The molecule has 3 nitrogen and oxygen atoms in total. The van der Waals surface area contributed by atoms with Gasteiger partial charge in [0.2, 0.25) is 0 Å². The highest BCUT2D eigenvalue weighted by Gasteiger charge is 2.19. The number of methoxy groups -OCH3 is 1. The molecule has 0 spiro atoms. The van der Waals surface area contributed by atoms with E-state index >= 15 is 0 Å². The highest BCUT2D eigenvalue weighted by molar-refractivity contribution is 5.49. The number of nitrogens with one attached hydrogen (secondary N) is 1. The van der Waals surface area contributed by atoms with E-state index in [9.17, 15) is 0 Å². The summed E-state index contributed by atoms with van der Waals surface area (Å²) in [7, 11) is 1.69. The maximum atomic E-state index is 5.97. The number of rotatable bonds is 4. The Bertz CT molecular complexity index is 610. The van der Waals surface area contributed by atoms with E-state index in [0.717, 1.165) is 30.0 Å². The van der Waals surface area contributed by atoms with Crippen LogP contribution in [0.25, 0.3) is 0 Å². The van der Waals surface area contributed by atoms with Gasteiger partial charge < -0.3 is 14.8 Å². The smallest absolute Gasteiger partial charge is 0.161 e. The van der Waals surface area contributed by atoms with Crippen molar-refractivity contribution >= 4 is 0 Å². The van der Waals surface area contributed by atoms with Gasteiger partial charge in [-0.25, -0.2) is 0 Å². The Hall–Kier alpha value is -2.00. The minimum Gasteiger partial charge on any atom is -0.493 e. The molecule has 0 amide bonds. The van der Waals surface area contributed by atoms with Crippen molar-refractivity contribution in [3.05, 3.63) is 59.2 Å². The molecular weight excluding hydrogens is 262 g/mol. The zero-order chi connectivity index (χ0) is 14.7. The van der Waals surface area contributed by atoms with Gasteiger partial charge in [-0.15, -0.1) is 0 Å². The van der Waals surface area contributed by atoms with Crippen molar-refractivity contribution in [2.45, 2.75) is 26.0 Å². The van der Waals surface area contributed by atoms with E-state index in [2.05, 4.69) is 36.5 Å². The summed E-state index contributed by atoms with van der Waals surface area (Å²) in [5.41, 5.74) is 3.82. The number of hydrogen-bond donors (Lipinski definition) is 1. The van der Waals surface area contributed by atoms with E-state index in [1.54, 1.807) is 7.11 Å². The summed E-state index contributed by atoms with van der Waals surface area (Å²) in [4.78, 5) is 0. The summed E-state index contributed by atoms with van der Waals surface area (Å²) >= 11 is 0. The molecule has 0 aliphatic carbocycles. The van der Waals surface area contributed by atoms with Crippen LogP contribution in [0.4, 0.5) is 0 Å². The van der Waals surface area contributed by atoms with Gasteiger partial charge in [-0.05, 0) is 48.7 Å². The van der Waals surface area contributed by atoms with Gasteiger partial charge in [0.15, 0.2) is 11.5 Å². The topological polar surface area (TPSA) is 30.5 Å². The van der Waals surface area contributed by atoms with Crippen molar-refractivity contribution in [3.63, 3.8) is 0 Å². The molecule has 1 aliphatic rings. The predicted molar refractivity (Wildman–Crippen MR) is 83.9 cm³/mol. The van der Waals surface area contributed by atoms with Crippen LogP contribution in [-0.4, -0.2) is 13.7 Å². The second-order valence-electron chi connectivity index (χ2n) is 5.40. The average molecular weight is 283 g/mol. The third-order valence-corrected chi connectivity index (χ3v) is 3.97. The lowest BCUT2D eigenvalue weighted by Crippen LogP contribution is -2.27. The summed E-state index contributed by atoms with van der Waals surface area (Å²) in [5.74, 6) is 1.63. The van der Waals surface area contributed by atoms with Crippen LogP contribution in [0.5, 0.6) is 11.5 Å². The van der Waals surface area contributed by atoms with E-state index in [4.69, 9.17) is 9.47 Å². The van der Waals surface area contributed by atoms with E-state index in [1.165, 1.54) is 11.1 Å². The molecule has 1 heterocycles. The molecule has 2 aromatic carbocycles. The fourth-order valence-electron chi connectivity index (χ4n) is 2.78. The molecule has 2 aromatic rings. The first-order chi connectivity index (χ1) is 10.3. The molecule has 1 aliphatic heterocycles. The van der Waals surface area contributed by atoms with Crippen LogP contribution in [0.1, 0.15) is 29.7 Å². The quantitative estimate of drug-likeness (QED) is 0.932. The highest BCUT2D eigenvalue weighted by Crippen LogP contribution is 2.35. The fraction of sp³-hybridized carbons (Fsp3) is 0.333. The van der Waals surface area contributed by atoms with Gasteiger partial charge in [-0.1, -0.05) is 30.3 Å². The molecule has 3 rings (SSSR count). The van der Waals surface area contributed by atoms with E-state index in [-0.39, 0.29) is 0 Å². The standard InChI is InChI=1S/C18H21NO2/c1-13-16-11-17(20-2)18(10-15(16)8-9-19-13)21-12-14-6-4-3-5-7-14/h3-7,10-11,13,19H,8-9,12H2,1-2H3/t13-/m1/s1. The summed E-state index contributed by atoms with van der Waals surface area (Å²) < 4.78 is 11.5. The Morgan fingerprint density at radius 1 is 1.14 bits per heavy atom. The Morgan fingerprint density at radius 3 is 2.71 bits per heavy atom. The number of fused-ring (bicyclic) bond motifs is 1. The normalized spacial score (nSPS) is 17.1. The van der Waals surface area contributed by atoms with Gasteiger partial charge in [0.1, 0.15) is 6.61 Å². The van der Waals surface area contributed by atoms with Gasteiger partial charge in [-0.3, -0.25) is 0 Å². The second-order valence-corrected chi connectivity index (χ2v) is 5.40. The summed E-state index contributed by atoms with van der Waals surface area (Å²) in [6, 6.07) is 14.8. The Morgan fingerprint density at radius 2 is 1.95 bits per heavy atom. The molecule has 1 N–H and O–H groups in total. The largest absolute Gasteiger partial charge is 0.493 e. The molecule has 21 heavy (non-hydrogen) atoms. The lowest BCUT2D eigenvalue weighted by atomic mass is 9.94. The van der Waals surface area contributed by atoms with Crippen molar-refractivity contribution in [3.8, 4) is 11.5 Å². The van der Waals surface area contributed by atoms with E-state index in [1.807, 2.05) is 18.2 Å². The molecule has 0 saturated heterocycles. The number of benzene rings is 2. The summed E-state index contributed by atoms with van der Waals surface area (Å²) in [6.07, 6.45) is 1.03. The van der Waals surface area contributed by atoms with Gasteiger partial charge in [0, 0.05) is 6.04 Å². The highest BCUT2D eigenvalue weighted by atomic mass is 16.5. The molecule has 0 fully saturated rings. The van der Waals surface area contributed by atoms with E-state index in [0.29, 0.717) is 12.6 Å². The molecule has 0 saturated carbocycles. The number of ether oxygens (including phenoxy) is 2. The van der Waals surface area contributed by atoms with Gasteiger partial charge in [-0.2, -0.15) is 0 Å². The third kappa shape index (κ3) is 3.03. The summed E-state index contributed by atoms with van der Waals surface area (Å²) in [5, 5.41) is 3.47. The zero-order valence-electron chi connectivity index (χ0n) is 12.6. The van der Waals surface area contributed by atoms with Crippen LogP contribution in [0.3, 0.4) is 0 Å². The minimum atomic E-state index is 0.367. The van der Waals surface area contributed by atoms with Crippen LogP contribution >= 0.6 is 0 Å². The average Bonchev–Trinajstić information content (AvgIpc) is 2.53. The van der Waals surface area contributed by atoms with Gasteiger partial charge in [0.25, 0.3) is 0 Å². The zero-order valence-corrected chi connectivity index (χ0v) is 12.6.